The molecule has 0 bridgehead atoms. The van der Waals surface area contributed by atoms with E-state index in [1.165, 1.54) is 18.4 Å². The lowest BCUT2D eigenvalue weighted by Gasteiger charge is -2.34. The van der Waals surface area contributed by atoms with Gasteiger partial charge in [-0.05, 0) is 25.8 Å². The number of aryl methyl sites for hydroxylation is 1. The summed E-state index contributed by atoms with van der Waals surface area (Å²) < 4.78 is 0. The van der Waals surface area contributed by atoms with Crippen molar-refractivity contribution < 1.29 is 0 Å². The third-order valence-corrected chi connectivity index (χ3v) is 5.61. The SMILES string of the molecule is C=C1C=C(c2ccc(C)cc2)N=C(CCCCC)N1CC(CC)NCCNCCC#N. The summed E-state index contributed by atoms with van der Waals surface area (Å²) in [7, 11) is 0. The second-order valence-corrected chi connectivity index (χ2v) is 8.20. The number of nitriles is 1. The van der Waals surface area contributed by atoms with Gasteiger partial charge < -0.3 is 15.5 Å². The van der Waals surface area contributed by atoms with E-state index >= 15 is 0 Å². The lowest BCUT2D eigenvalue weighted by Crippen LogP contribution is -2.45. The quantitative estimate of drug-likeness (QED) is 0.414. The second-order valence-electron chi connectivity index (χ2n) is 8.20. The van der Waals surface area contributed by atoms with Crippen LogP contribution in [0.2, 0.25) is 0 Å². The van der Waals surface area contributed by atoms with Crippen molar-refractivity contribution in [3.63, 3.8) is 0 Å². The third kappa shape index (κ3) is 8.32. The first-order chi connectivity index (χ1) is 15.1. The number of hydrogen-bond donors (Lipinski definition) is 2. The van der Waals surface area contributed by atoms with Gasteiger partial charge in [-0.15, -0.1) is 0 Å². The van der Waals surface area contributed by atoms with Crippen LogP contribution in [0.3, 0.4) is 0 Å². The number of unbranched alkanes of at least 4 members (excludes halogenated alkanes) is 2. The lowest BCUT2D eigenvalue weighted by molar-refractivity contribution is 0.388. The summed E-state index contributed by atoms with van der Waals surface area (Å²) in [4.78, 5) is 7.38. The Hall–Kier alpha value is -2.42. The molecule has 31 heavy (non-hydrogen) atoms. The molecule has 5 heteroatoms. The highest BCUT2D eigenvalue weighted by molar-refractivity contribution is 5.92. The fourth-order valence-corrected chi connectivity index (χ4v) is 3.64. The van der Waals surface area contributed by atoms with Crippen LogP contribution in [0.4, 0.5) is 0 Å². The molecule has 5 nitrogen and oxygen atoms in total. The number of rotatable bonds is 14. The van der Waals surface area contributed by atoms with Gasteiger partial charge in [-0.25, -0.2) is 4.99 Å². The standard InChI is InChI=1S/C26H39N5/c1-5-7-8-10-26-30-25(23-13-11-21(3)12-14-23)19-22(4)31(26)20-24(6-2)29-18-17-28-16-9-15-27/h11-14,19,24,28-29H,4-10,16-18,20H2,1-3H3. The fraction of sp³-hybridized carbons (Fsp3) is 0.538. The van der Waals surface area contributed by atoms with Crippen molar-refractivity contribution in [2.45, 2.75) is 65.3 Å². The lowest BCUT2D eigenvalue weighted by atomic mass is 10.1. The van der Waals surface area contributed by atoms with Gasteiger partial charge in [0.2, 0.25) is 0 Å². The topological polar surface area (TPSA) is 63.4 Å². The number of benzene rings is 1. The number of aliphatic imine (C=N–C) groups is 1. The van der Waals surface area contributed by atoms with Crippen LogP contribution >= 0.6 is 0 Å². The minimum Gasteiger partial charge on any atom is -0.329 e. The molecule has 1 unspecified atom stereocenters. The van der Waals surface area contributed by atoms with Crippen molar-refractivity contribution in [1.82, 2.24) is 15.5 Å². The second kappa shape index (κ2) is 13.8. The summed E-state index contributed by atoms with van der Waals surface area (Å²) in [5, 5.41) is 15.6. The Kier molecular flexibility index (Phi) is 11.1. The molecule has 0 aliphatic carbocycles. The van der Waals surface area contributed by atoms with Gasteiger partial charge >= 0.3 is 0 Å². The molecule has 0 amide bonds. The molecule has 0 fully saturated rings. The monoisotopic (exact) mass is 421 g/mol. The van der Waals surface area contributed by atoms with Crippen molar-refractivity contribution in [2.24, 2.45) is 4.99 Å². The van der Waals surface area contributed by atoms with Gasteiger partial charge in [0.15, 0.2) is 0 Å². The van der Waals surface area contributed by atoms with Crippen molar-refractivity contribution in [1.29, 1.82) is 5.26 Å². The van der Waals surface area contributed by atoms with Gasteiger partial charge in [0, 0.05) is 56.3 Å². The van der Waals surface area contributed by atoms with E-state index in [1.807, 2.05) is 0 Å². The molecule has 1 heterocycles. The molecule has 0 radical (unpaired) electrons. The Balaban J connectivity index is 2.06. The van der Waals surface area contributed by atoms with Crippen LogP contribution in [0, 0.1) is 18.3 Å². The van der Waals surface area contributed by atoms with E-state index in [9.17, 15) is 0 Å². The maximum Gasteiger partial charge on any atom is 0.109 e. The zero-order chi connectivity index (χ0) is 22.5. The summed E-state index contributed by atoms with van der Waals surface area (Å²) in [6, 6.07) is 11.1. The van der Waals surface area contributed by atoms with E-state index in [-0.39, 0.29) is 0 Å². The molecule has 0 saturated carbocycles. The highest BCUT2D eigenvalue weighted by Gasteiger charge is 2.22. The van der Waals surface area contributed by atoms with E-state index in [1.54, 1.807) is 0 Å². The van der Waals surface area contributed by atoms with Gasteiger partial charge in [0.25, 0.3) is 0 Å². The van der Waals surface area contributed by atoms with Crippen LogP contribution in [0.5, 0.6) is 0 Å². The Labute approximate surface area is 188 Å². The van der Waals surface area contributed by atoms with E-state index < -0.39 is 0 Å². The molecule has 2 N–H and O–H groups in total. The van der Waals surface area contributed by atoms with Gasteiger partial charge in [-0.3, -0.25) is 0 Å². The van der Waals surface area contributed by atoms with Crippen LogP contribution in [0.25, 0.3) is 5.70 Å². The average molecular weight is 422 g/mol. The molecule has 0 aromatic heterocycles. The summed E-state index contributed by atoms with van der Waals surface area (Å²) in [6.07, 6.45) is 8.25. The molecular weight excluding hydrogens is 382 g/mol. The maximum absolute atomic E-state index is 8.63. The van der Waals surface area contributed by atoms with Gasteiger partial charge in [-0.2, -0.15) is 5.26 Å². The zero-order valence-corrected chi connectivity index (χ0v) is 19.6. The van der Waals surface area contributed by atoms with Crippen LogP contribution < -0.4 is 10.6 Å². The molecule has 168 valence electrons. The predicted molar refractivity (Wildman–Crippen MR) is 132 cm³/mol. The Morgan fingerprint density at radius 1 is 1.13 bits per heavy atom. The average Bonchev–Trinajstić information content (AvgIpc) is 2.77. The molecule has 1 aliphatic rings. The number of hydrogen-bond acceptors (Lipinski definition) is 5. The minimum atomic E-state index is 0.361. The van der Waals surface area contributed by atoms with Crippen LogP contribution in [0.1, 0.15) is 63.5 Å². The first kappa shape index (κ1) is 24.8. The Morgan fingerprint density at radius 2 is 1.90 bits per heavy atom. The van der Waals surface area contributed by atoms with Crippen LogP contribution in [0.15, 0.2) is 47.6 Å². The van der Waals surface area contributed by atoms with Crippen LogP contribution in [-0.2, 0) is 0 Å². The van der Waals surface area contributed by atoms with Crippen molar-refractivity contribution >= 4 is 11.5 Å². The molecule has 1 aromatic rings. The van der Waals surface area contributed by atoms with E-state index in [0.717, 1.165) is 68.2 Å². The minimum absolute atomic E-state index is 0.361. The van der Waals surface area contributed by atoms with E-state index in [0.29, 0.717) is 12.5 Å². The highest BCUT2D eigenvalue weighted by atomic mass is 15.2. The van der Waals surface area contributed by atoms with Gasteiger partial charge in [0.05, 0.1) is 11.8 Å². The molecule has 1 aromatic carbocycles. The summed E-state index contributed by atoms with van der Waals surface area (Å²) in [5.74, 6) is 1.13. The normalized spacial score (nSPS) is 14.8. The smallest absolute Gasteiger partial charge is 0.109 e. The van der Waals surface area contributed by atoms with Crippen molar-refractivity contribution in [2.75, 3.05) is 26.2 Å². The number of allylic oxidation sites excluding steroid dienone is 1. The Bertz CT molecular complexity index is 785. The molecule has 0 saturated heterocycles. The van der Waals surface area contributed by atoms with Crippen molar-refractivity contribution in [3.8, 4) is 6.07 Å². The molecule has 2 rings (SSSR count). The fourth-order valence-electron chi connectivity index (χ4n) is 3.64. The summed E-state index contributed by atoms with van der Waals surface area (Å²) >= 11 is 0. The molecule has 1 atom stereocenters. The van der Waals surface area contributed by atoms with Gasteiger partial charge in [0.1, 0.15) is 5.84 Å². The molecule has 0 spiro atoms. The first-order valence-electron chi connectivity index (χ1n) is 11.7. The van der Waals surface area contributed by atoms with Crippen LogP contribution in [-0.4, -0.2) is 43.0 Å². The first-order valence-corrected chi connectivity index (χ1v) is 11.7. The molecule has 1 aliphatic heterocycles. The van der Waals surface area contributed by atoms with Crippen molar-refractivity contribution in [3.05, 3.63) is 53.7 Å². The van der Waals surface area contributed by atoms with Gasteiger partial charge in [-0.1, -0.05) is 63.1 Å². The number of nitrogens with zero attached hydrogens (tertiary/aromatic N) is 3. The predicted octanol–water partition coefficient (Wildman–Crippen LogP) is 5.02. The summed E-state index contributed by atoms with van der Waals surface area (Å²) in [5.41, 5.74) is 4.43. The largest absolute Gasteiger partial charge is 0.329 e. The van der Waals surface area contributed by atoms with E-state index in [2.05, 4.69) is 79.3 Å². The summed E-state index contributed by atoms with van der Waals surface area (Å²) in [6.45, 7) is 14.3. The Morgan fingerprint density at radius 3 is 2.58 bits per heavy atom. The number of nitrogens with one attached hydrogen (secondary N) is 2. The zero-order valence-electron chi connectivity index (χ0n) is 19.6. The maximum atomic E-state index is 8.63. The highest BCUT2D eigenvalue weighted by Crippen LogP contribution is 2.27. The number of amidine groups is 1. The molecular formula is C26H39N5. The third-order valence-electron chi connectivity index (χ3n) is 5.61. The van der Waals surface area contributed by atoms with E-state index in [4.69, 9.17) is 10.3 Å².